The maximum atomic E-state index is 13.0. The van der Waals surface area contributed by atoms with Crippen LogP contribution in [0.4, 0.5) is 5.69 Å². The highest BCUT2D eigenvalue weighted by molar-refractivity contribution is 8.03. The highest BCUT2D eigenvalue weighted by atomic mass is 35.5. The van der Waals surface area contributed by atoms with E-state index < -0.39 is 0 Å². The van der Waals surface area contributed by atoms with Gasteiger partial charge in [-0.05, 0) is 48.1 Å². The first-order chi connectivity index (χ1) is 17.5. The minimum atomic E-state index is -0.148. The first kappa shape index (κ1) is 28.5. The topological polar surface area (TPSA) is 41.6 Å². The zero-order chi connectivity index (χ0) is 25.6. The Morgan fingerprint density at radius 1 is 1.00 bits per heavy atom. The number of nitrogens with zero attached hydrogens (tertiary/aromatic N) is 1. The smallest absolute Gasteiger partial charge is 0.255 e. The van der Waals surface area contributed by atoms with E-state index in [2.05, 4.69) is 36.3 Å². The first-order valence-corrected chi connectivity index (χ1v) is 14.8. The van der Waals surface area contributed by atoms with Gasteiger partial charge < -0.3 is 15.0 Å². The largest absolute Gasteiger partial charge is 0.491 e. The van der Waals surface area contributed by atoms with Crippen LogP contribution in [0.2, 0.25) is 5.02 Å². The molecule has 0 bridgehead atoms. The van der Waals surface area contributed by atoms with Crippen molar-refractivity contribution >= 4 is 35.0 Å². The lowest BCUT2D eigenvalue weighted by molar-refractivity contribution is 0.102. The maximum Gasteiger partial charge on any atom is 0.255 e. The van der Waals surface area contributed by atoms with E-state index >= 15 is 0 Å². The van der Waals surface area contributed by atoms with Gasteiger partial charge in [-0.2, -0.15) is 0 Å². The quantitative estimate of drug-likeness (QED) is 0.220. The summed E-state index contributed by atoms with van der Waals surface area (Å²) in [6, 6.07) is 13.2. The molecule has 2 aromatic rings. The number of nitrogens with one attached hydrogen (secondary N) is 1. The van der Waals surface area contributed by atoms with Crippen LogP contribution in [0.15, 0.2) is 53.6 Å². The fourth-order valence-electron chi connectivity index (χ4n) is 4.34. The van der Waals surface area contributed by atoms with Crippen LogP contribution in [0.25, 0.3) is 0 Å². The molecule has 3 rings (SSSR count). The number of allylic oxidation sites excluding steroid dienone is 1. The Bertz CT molecular complexity index is 995. The molecule has 196 valence electrons. The molecule has 0 aromatic heterocycles. The zero-order valence-corrected chi connectivity index (χ0v) is 23.4. The Balaban J connectivity index is 1.44. The molecule has 1 aliphatic rings. The van der Waals surface area contributed by atoms with Gasteiger partial charge in [0.1, 0.15) is 5.75 Å². The van der Waals surface area contributed by atoms with Crippen molar-refractivity contribution in [1.82, 2.24) is 4.90 Å². The lowest BCUT2D eigenvalue weighted by Crippen LogP contribution is -2.15. The van der Waals surface area contributed by atoms with Crippen molar-refractivity contribution in [3.8, 4) is 5.75 Å². The number of carbonyl (C=O) groups is 1. The normalized spacial score (nSPS) is 13.1. The van der Waals surface area contributed by atoms with Gasteiger partial charge in [-0.1, -0.05) is 88.4 Å². The monoisotopic (exact) mass is 528 g/mol. The molecular formula is C30H41ClN2O2S. The van der Waals surface area contributed by atoms with Gasteiger partial charge in [-0.15, -0.1) is 11.8 Å². The number of carbonyl (C=O) groups excluding carboxylic acids is 1. The molecule has 0 fully saturated rings. The van der Waals surface area contributed by atoms with Gasteiger partial charge in [0.05, 0.1) is 18.2 Å². The molecular weight excluding hydrogens is 488 g/mol. The third kappa shape index (κ3) is 10.1. The summed E-state index contributed by atoms with van der Waals surface area (Å²) < 4.78 is 6.03. The van der Waals surface area contributed by atoms with E-state index in [-0.39, 0.29) is 5.91 Å². The summed E-state index contributed by atoms with van der Waals surface area (Å²) >= 11 is 8.06. The summed E-state index contributed by atoms with van der Waals surface area (Å²) in [6.45, 7) is 5.79. The molecule has 0 radical (unpaired) electrons. The van der Waals surface area contributed by atoms with Crippen molar-refractivity contribution in [3.63, 3.8) is 0 Å². The maximum absolute atomic E-state index is 13.0. The average molecular weight is 529 g/mol. The molecule has 0 saturated carbocycles. The van der Waals surface area contributed by atoms with Gasteiger partial charge in [0.15, 0.2) is 0 Å². The second kappa shape index (κ2) is 15.9. The second-order valence-electron chi connectivity index (χ2n) is 9.59. The van der Waals surface area contributed by atoms with E-state index in [0.29, 0.717) is 28.6 Å². The van der Waals surface area contributed by atoms with E-state index in [9.17, 15) is 4.79 Å². The predicted octanol–water partition coefficient (Wildman–Crippen LogP) is 9.26. The van der Waals surface area contributed by atoms with E-state index in [1.54, 1.807) is 12.1 Å². The Morgan fingerprint density at radius 3 is 2.42 bits per heavy atom. The number of hydrogen-bond acceptors (Lipinski definition) is 4. The van der Waals surface area contributed by atoms with Crippen LogP contribution in [0.3, 0.4) is 0 Å². The summed E-state index contributed by atoms with van der Waals surface area (Å²) in [4.78, 5) is 16.6. The third-order valence-electron chi connectivity index (χ3n) is 6.34. The van der Waals surface area contributed by atoms with Gasteiger partial charge in [0.25, 0.3) is 5.91 Å². The molecule has 0 aliphatic carbocycles. The van der Waals surface area contributed by atoms with Crippen LogP contribution in [0, 0.1) is 0 Å². The standard InChI is InChI=1S/C30H41ClN2O2S/c1-3-4-5-6-7-8-9-10-11-12-18-35-29-20-27(31)16-17-28(29)32-30(34)26-15-13-14-25(19-26)22-33-21-24(2)36-23-33/h13-17,19-21H,3-12,18,22-23H2,1-2H3,(H,32,34). The highest BCUT2D eigenvalue weighted by Crippen LogP contribution is 2.29. The number of halogens is 1. The summed E-state index contributed by atoms with van der Waals surface area (Å²) in [7, 11) is 0. The Morgan fingerprint density at radius 2 is 1.72 bits per heavy atom. The average Bonchev–Trinajstić information content (AvgIpc) is 3.28. The minimum absolute atomic E-state index is 0.148. The molecule has 4 nitrogen and oxygen atoms in total. The first-order valence-electron chi connectivity index (χ1n) is 13.4. The molecule has 0 atom stereocenters. The van der Waals surface area contributed by atoms with E-state index in [1.165, 1.54) is 56.3 Å². The van der Waals surface area contributed by atoms with Gasteiger partial charge in [0, 0.05) is 29.4 Å². The van der Waals surface area contributed by atoms with Gasteiger partial charge in [0.2, 0.25) is 0 Å². The number of benzene rings is 2. The van der Waals surface area contributed by atoms with Gasteiger partial charge in [-0.25, -0.2) is 0 Å². The van der Waals surface area contributed by atoms with E-state index in [0.717, 1.165) is 30.8 Å². The van der Waals surface area contributed by atoms with E-state index in [4.69, 9.17) is 16.3 Å². The molecule has 1 heterocycles. The SMILES string of the molecule is CCCCCCCCCCCCOc1cc(Cl)ccc1NC(=O)c1cccc(CN2C=C(C)SC2)c1. The number of rotatable bonds is 16. The molecule has 0 spiro atoms. The lowest BCUT2D eigenvalue weighted by atomic mass is 10.1. The van der Waals surface area contributed by atoms with Gasteiger partial charge >= 0.3 is 0 Å². The summed E-state index contributed by atoms with van der Waals surface area (Å²) in [5.74, 6) is 1.43. The molecule has 2 aromatic carbocycles. The van der Waals surface area contributed by atoms with Crippen LogP contribution in [-0.4, -0.2) is 23.3 Å². The van der Waals surface area contributed by atoms with Crippen LogP contribution in [0.1, 0.15) is 94.0 Å². The van der Waals surface area contributed by atoms with Crippen LogP contribution >= 0.6 is 23.4 Å². The summed E-state index contributed by atoms with van der Waals surface area (Å²) in [5, 5.41) is 3.62. The second-order valence-corrected chi connectivity index (χ2v) is 11.2. The summed E-state index contributed by atoms with van der Waals surface area (Å²) in [6.07, 6.45) is 15.0. The molecule has 1 aliphatic heterocycles. The molecule has 0 saturated heterocycles. The zero-order valence-electron chi connectivity index (χ0n) is 21.9. The number of anilines is 1. The molecule has 1 N–H and O–H groups in total. The summed E-state index contributed by atoms with van der Waals surface area (Å²) in [5.41, 5.74) is 2.40. The van der Waals surface area contributed by atoms with Crippen molar-refractivity contribution < 1.29 is 9.53 Å². The number of thioether (sulfide) groups is 1. The predicted molar refractivity (Wildman–Crippen MR) is 155 cm³/mol. The van der Waals surface area contributed by atoms with Crippen molar-refractivity contribution in [3.05, 3.63) is 69.7 Å². The highest BCUT2D eigenvalue weighted by Gasteiger charge is 2.14. The van der Waals surface area contributed by atoms with E-state index in [1.807, 2.05) is 36.0 Å². The number of ether oxygens (including phenoxy) is 1. The van der Waals surface area contributed by atoms with Crippen molar-refractivity contribution in [2.24, 2.45) is 0 Å². The van der Waals surface area contributed by atoms with Gasteiger partial charge in [-0.3, -0.25) is 4.79 Å². The lowest BCUT2D eigenvalue weighted by Gasteiger charge is -2.16. The van der Waals surface area contributed by atoms with Crippen molar-refractivity contribution in [1.29, 1.82) is 0 Å². The van der Waals surface area contributed by atoms with Crippen LogP contribution < -0.4 is 10.1 Å². The Kier molecular flexibility index (Phi) is 12.6. The van der Waals surface area contributed by atoms with Crippen LogP contribution in [-0.2, 0) is 6.54 Å². The number of unbranched alkanes of at least 4 members (excludes halogenated alkanes) is 9. The molecule has 1 amide bonds. The minimum Gasteiger partial charge on any atom is -0.491 e. The Hall–Kier alpha value is -2.11. The molecule has 36 heavy (non-hydrogen) atoms. The fraction of sp³-hybridized carbons (Fsp3) is 0.500. The third-order valence-corrected chi connectivity index (χ3v) is 7.60. The van der Waals surface area contributed by atoms with Crippen molar-refractivity contribution in [2.75, 3.05) is 17.8 Å². The number of amides is 1. The molecule has 6 heteroatoms. The van der Waals surface area contributed by atoms with Crippen molar-refractivity contribution in [2.45, 2.75) is 84.6 Å². The Labute approximate surface area is 226 Å². The van der Waals surface area contributed by atoms with Crippen LogP contribution in [0.5, 0.6) is 5.75 Å². The number of hydrogen-bond donors (Lipinski definition) is 1. The molecule has 0 unspecified atom stereocenters. The fourth-order valence-corrected chi connectivity index (χ4v) is 5.26.